The quantitative estimate of drug-likeness (QED) is 0.149. The number of phenolic OH excluding ortho intramolecular Hbond substituents is 1. The lowest BCUT2D eigenvalue weighted by Crippen LogP contribution is -2.62. The van der Waals surface area contributed by atoms with Crippen molar-refractivity contribution in [3.63, 3.8) is 0 Å². The topological polar surface area (TPSA) is 188 Å². The molecule has 5 heterocycles. The number of nitrogens with one attached hydrogen (secondary N) is 3. The molecule has 15 nitrogen and oxygen atoms in total. The number of benzene rings is 2. The van der Waals surface area contributed by atoms with E-state index in [2.05, 4.69) is 59.6 Å². The Morgan fingerprint density at radius 3 is 2.57 bits per heavy atom. The summed E-state index contributed by atoms with van der Waals surface area (Å²) in [6.45, 7) is 13.5. The summed E-state index contributed by atoms with van der Waals surface area (Å²) in [5.41, 5.74) is 9.54. The van der Waals surface area contributed by atoms with Crippen LogP contribution in [0.25, 0.3) is 33.3 Å². The third-order valence-electron chi connectivity index (χ3n) is 12.8. The first kappa shape index (κ1) is 45.7. The molecular formula is C48H63N7O8. The van der Waals surface area contributed by atoms with Crippen LogP contribution in [-0.2, 0) is 48.0 Å². The molecule has 5 N–H and O–H groups in total. The molecule has 0 radical (unpaired) electrons. The number of hydrogen-bond acceptors (Lipinski definition) is 11. The monoisotopic (exact) mass is 865 g/mol. The van der Waals surface area contributed by atoms with Gasteiger partial charge in [-0.2, -0.15) is 0 Å². The lowest BCUT2D eigenvalue weighted by molar-refractivity contribution is -0.155. The van der Waals surface area contributed by atoms with Crippen molar-refractivity contribution in [2.24, 2.45) is 17.3 Å². The number of β-amino-alcohol motifs (C(OH)–C–C–N with tert-alkyl or cyclic N) is 1. The number of pyridine rings is 1. The third-order valence-corrected chi connectivity index (χ3v) is 12.8. The number of aromatic hydroxyl groups is 1. The van der Waals surface area contributed by atoms with Crippen LogP contribution in [0.4, 0.5) is 0 Å². The van der Waals surface area contributed by atoms with Gasteiger partial charge >= 0.3 is 5.97 Å². The molecule has 3 aliphatic rings. The fraction of sp³-hybridized carbons (Fsp3) is 0.521. The highest BCUT2D eigenvalue weighted by atomic mass is 16.5. The summed E-state index contributed by atoms with van der Waals surface area (Å²) < 4.78 is 14.2. The van der Waals surface area contributed by atoms with Crippen LogP contribution >= 0.6 is 0 Å². The standard InChI is InChI=1S/C48H63N7O8/c1-9-54-39-15-14-30-22-34(39)35(43(54)33-12-10-16-50-41(33)28(4)62-8)23-48(5,6)26-63-47(61)37-13-11-17-55(52-37)46(60)38(20-29-18-31(30)21-32(56)19-29)51-44(58)42(27(2)3)53(7)45(59)36-24-49-25-40(36)57/h10,12,14-16,18-19,21-22,27-28,36-38,40,42,49,52,56-57H,9,11,13,17,20,23-26H2,1-8H3,(H,51,58)/t28-,36+,37-,38-,40-,42-/m0/s1. The van der Waals surface area contributed by atoms with Crippen LogP contribution in [0.1, 0.15) is 77.3 Å². The highest BCUT2D eigenvalue weighted by molar-refractivity contribution is 5.96. The van der Waals surface area contributed by atoms with E-state index in [9.17, 15) is 29.4 Å². The lowest BCUT2D eigenvalue weighted by Gasteiger charge is -2.37. The molecule has 4 aromatic rings. The number of carbonyl (C=O) groups excluding carboxylic acids is 4. The van der Waals surface area contributed by atoms with Gasteiger partial charge in [0.25, 0.3) is 5.91 Å². The molecule has 0 saturated carbocycles. The lowest BCUT2D eigenvalue weighted by atomic mass is 9.84. The first-order valence-corrected chi connectivity index (χ1v) is 22.2. The minimum atomic E-state index is -1.16. The molecule has 2 aromatic carbocycles. The zero-order valence-corrected chi connectivity index (χ0v) is 37.7. The molecule has 338 valence electrons. The molecule has 2 saturated heterocycles. The Hall–Kier alpha value is -5.35. The first-order valence-electron chi connectivity index (χ1n) is 22.2. The van der Waals surface area contributed by atoms with Crippen LogP contribution in [0.3, 0.4) is 0 Å². The molecule has 63 heavy (non-hydrogen) atoms. The number of aliphatic hydroxyl groups excluding tert-OH is 1. The summed E-state index contributed by atoms with van der Waals surface area (Å²) >= 11 is 0. The van der Waals surface area contributed by atoms with E-state index in [0.29, 0.717) is 37.9 Å². The Morgan fingerprint density at radius 2 is 1.87 bits per heavy atom. The number of cyclic esters (lactones) is 1. The number of aromatic nitrogens is 2. The molecule has 0 unspecified atom stereocenters. The van der Waals surface area contributed by atoms with E-state index in [4.69, 9.17) is 14.5 Å². The fourth-order valence-corrected chi connectivity index (χ4v) is 9.57. The van der Waals surface area contributed by atoms with Crippen LogP contribution in [0.5, 0.6) is 5.75 Å². The van der Waals surface area contributed by atoms with Crippen molar-refractivity contribution in [1.82, 2.24) is 35.5 Å². The van der Waals surface area contributed by atoms with Crippen LogP contribution in [0, 0.1) is 17.3 Å². The van der Waals surface area contributed by atoms with E-state index in [0.717, 1.165) is 44.5 Å². The summed E-state index contributed by atoms with van der Waals surface area (Å²) in [5, 5.41) is 30.2. The number of fused-ring (bicyclic) bond motifs is 6. The number of hydrazine groups is 1. The zero-order valence-electron chi connectivity index (χ0n) is 37.7. The van der Waals surface area contributed by atoms with E-state index in [1.165, 1.54) is 9.91 Å². The Balaban J connectivity index is 1.34. The van der Waals surface area contributed by atoms with Crippen LogP contribution in [-0.4, -0.2) is 118 Å². The van der Waals surface area contributed by atoms with Crippen molar-refractivity contribution >= 4 is 34.6 Å². The number of carbonyl (C=O) groups is 4. The summed E-state index contributed by atoms with van der Waals surface area (Å²) in [6.07, 6.45) is 2.11. The third kappa shape index (κ3) is 9.47. The number of esters is 1. The molecule has 15 heteroatoms. The minimum Gasteiger partial charge on any atom is -0.508 e. The van der Waals surface area contributed by atoms with Gasteiger partial charge in [-0.1, -0.05) is 39.8 Å². The average molecular weight is 866 g/mol. The van der Waals surface area contributed by atoms with Gasteiger partial charge in [0.2, 0.25) is 11.8 Å². The molecule has 0 spiro atoms. The number of aliphatic hydroxyl groups is 1. The molecule has 0 aliphatic carbocycles. The van der Waals surface area contributed by atoms with E-state index in [1.54, 1.807) is 32.5 Å². The van der Waals surface area contributed by atoms with Gasteiger partial charge in [0.05, 0.1) is 36.1 Å². The maximum atomic E-state index is 14.6. The van der Waals surface area contributed by atoms with Crippen LogP contribution < -0.4 is 16.1 Å². The van der Waals surface area contributed by atoms with Crippen LogP contribution in [0.2, 0.25) is 0 Å². The number of amides is 3. The van der Waals surface area contributed by atoms with Gasteiger partial charge in [-0.3, -0.25) is 29.2 Å². The van der Waals surface area contributed by atoms with Crippen molar-refractivity contribution in [2.45, 2.75) is 104 Å². The number of nitrogens with zero attached hydrogens (tertiary/aromatic N) is 4. The largest absolute Gasteiger partial charge is 0.508 e. The Morgan fingerprint density at radius 1 is 1.10 bits per heavy atom. The van der Waals surface area contributed by atoms with Gasteiger partial charge in [-0.25, -0.2) is 5.43 Å². The molecule has 6 atom stereocenters. The van der Waals surface area contributed by atoms with Crippen molar-refractivity contribution in [2.75, 3.05) is 40.4 Å². The fourth-order valence-electron chi connectivity index (χ4n) is 9.57. The van der Waals surface area contributed by atoms with Crippen molar-refractivity contribution < 1.29 is 38.9 Å². The van der Waals surface area contributed by atoms with E-state index in [1.807, 2.05) is 39.0 Å². The van der Waals surface area contributed by atoms with Gasteiger partial charge in [0.1, 0.15) is 23.9 Å². The Kier molecular flexibility index (Phi) is 13.6. The molecule has 2 aromatic heterocycles. The van der Waals surface area contributed by atoms with Crippen molar-refractivity contribution in [3.05, 3.63) is 71.5 Å². The zero-order chi connectivity index (χ0) is 45.3. The molecule has 2 fully saturated rings. The molecule has 7 rings (SSSR count). The number of hydrogen-bond donors (Lipinski definition) is 5. The first-order chi connectivity index (χ1) is 30.0. The second-order valence-electron chi connectivity index (χ2n) is 18.5. The highest BCUT2D eigenvalue weighted by Crippen LogP contribution is 2.42. The van der Waals surface area contributed by atoms with Gasteiger partial charge in [0, 0.05) is 74.8 Å². The van der Waals surface area contributed by atoms with E-state index < -0.39 is 53.3 Å². The van der Waals surface area contributed by atoms with Gasteiger partial charge < -0.3 is 39.8 Å². The number of aryl methyl sites for hydroxylation is 1. The molecule has 6 bridgehead atoms. The molecule has 3 amide bonds. The normalized spacial score (nSPS) is 22.7. The molecule has 3 aliphatic heterocycles. The smallest absolute Gasteiger partial charge is 0.324 e. The van der Waals surface area contributed by atoms with Crippen LogP contribution in [0.15, 0.2) is 54.7 Å². The Bertz CT molecular complexity index is 2360. The van der Waals surface area contributed by atoms with Crippen molar-refractivity contribution in [3.8, 4) is 28.1 Å². The second kappa shape index (κ2) is 18.8. The number of methoxy groups -OCH3 is 1. The second-order valence-corrected chi connectivity index (χ2v) is 18.5. The predicted molar refractivity (Wildman–Crippen MR) is 239 cm³/mol. The SMILES string of the molecule is CCn1c(-c2cccnc2[C@H](C)OC)c2c3cc(ccc31)-c1cc(O)cc(c1)C[C@H](NC(=O)[C@H](C(C)C)N(C)C(=O)[C@@H]1CNC[C@@H]1O)C(=O)N1CCC[C@H](N1)C(=O)OCC(C)(C)C2. The predicted octanol–water partition coefficient (Wildman–Crippen LogP) is 4.51. The van der Waals surface area contributed by atoms with Crippen molar-refractivity contribution in [1.29, 1.82) is 0 Å². The maximum absolute atomic E-state index is 14.6. The highest BCUT2D eigenvalue weighted by Gasteiger charge is 2.41. The summed E-state index contributed by atoms with van der Waals surface area (Å²) in [7, 11) is 3.22. The number of phenols is 1. The van der Waals surface area contributed by atoms with E-state index >= 15 is 0 Å². The molecular weight excluding hydrogens is 803 g/mol. The number of rotatable bonds is 9. The van der Waals surface area contributed by atoms with Gasteiger partial charge in [0.15, 0.2) is 0 Å². The van der Waals surface area contributed by atoms with E-state index in [-0.39, 0.29) is 49.8 Å². The minimum absolute atomic E-state index is 0.00743. The Labute approximate surface area is 369 Å². The van der Waals surface area contributed by atoms with Gasteiger partial charge in [-0.15, -0.1) is 0 Å². The summed E-state index contributed by atoms with van der Waals surface area (Å²) in [6, 6.07) is 12.5. The van der Waals surface area contributed by atoms with Gasteiger partial charge in [-0.05, 0) is 97.7 Å². The average Bonchev–Trinajstić information content (AvgIpc) is 3.83. The number of likely N-dealkylation sites (N-methyl/N-ethyl adjacent to an activating group) is 1. The summed E-state index contributed by atoms with van der Waals surface area (Å²) in [5.74, 6) is -2.93. The summed E-state index contributed by atoms with van der Waals surface area (Å²) in [4.78, 5) is 62.6. The maximum Gasteiger partial charge on any atom is 0.324 e. The number of ether oxygens (including phenoxy) is 2.